The standard InChI is InChI=1S/C10H10O3S2/c1-6-8-5-7(13-2)3-4-9(8)14-10(6)15(11)12/h3-5,15H,1-2H3. The predicted molar refractivity (Wildman–Crippen MR) is 61.7 cm³/mol. The summed E-state index contributed by atoms with van der Waals surface area (Å²) in [5, 5.41) is 0.952. The van der Waals surface area contributed by atoms with E-state index in [1.54, 1.807) is 7.11 Å². The third-order valence-electron chi connectivity index (χ3n) is 2.28. The summed E-state index contributed by atoms with van der Waals surface area (Å²) >= 11 is 1.30. The number of thiophene rings is 1. The molecule has 2 aromatic rings. The summed E-state index contributed by atoms with van der Waals surface area (Å²) < 4.78 is 28.4. The van der Waals surface area contributed by atoms with Gasteiger partial charge in [-0.3, -0.25) is 0 Å². The zero-order valence-corrected chi connectivity index (χ0v) is 10.0. The monoisotopic (exact) mass is 242 g/mol. The second-order valence-electron chi connectivity index (χ2n) is 3.15. The average Bonchev–Trinajstić information content (AvgIpc) is 2.56. The summed E-state index contributed by atoms with van der Waals surface area (Å²) in [5.74, 6) is 0.746. The zero-order chi connectivity index (χ0) is 11.0. The van der Waals surface area contributed by atoms with Gasteiger partial charge in [0.1, 0.15) is 9.96 Å². The van der Waals surface area contributed by atoms with Gasteiger partial charge in [-0.2, -0.15) is 0 Å². The number of thiol groups is 1. The molecule has 2 rings (SSSR count). The van der Waals surface area contributed by atoms with Gasteiger partial charge < -0.3 is 4.74 Å². The molecule has 0 spiro atoms. The average molecular weight is 242 g/mol. The highest BCUT2D eigenvalue weighted by molar-refractivity contribution is 7.75. The van der Waals surface area contributed by atoms with Gasteiger partial charge in [-0.05, 0) is 30.7 Å². The van der Waals surface area contributed by atoms with E-state index in [1.807, 2.05) is 25.1 Å². The van der Waals surface area contributed by atoms with Crippen LogP contribution in [0.2, 0.25) is 0 Å². The molecule has 0 saturated heterocycles. The first kappa shape index (κ1) is 10.4. The Kier molecular flexibility index (Phi) is 2.67. The van der Waals surface area contributed by atoms with Gasteiger partial charge in [-0.1, -0.05) is 0 Å². The van der Waals surface area contributed by atoms with Crippen LogP contribution in [0.4, 0.5) is 0 Å². The highest BCUT2D eigenvalue weighted by Gasteiger charge is 2.10. The Morgan fingerprint density at radius 2 is 2.07 bits per heavy atom. The van der Waals surface area contributed by atoms with Crippen LogP contribution in [0.15, 0.2) is 22.4 Å². The second-order valence-corrected chi connectivity index (χ2v) is 5.47. The molecule has 0 aliphatic rings. The zero-order valence-electron chi connectivity index (χ0n) is 8.31. The molecule has 0 radical (unpaired) electrons. The van der Waals surface area contributed by atoms with Crippen LogP contribution in [0, 0.1) is 6.92 Å². The van der Waals surface area contributed by atoms with E-state index in [0.717, 1.165) is 21.4 Å². The van der Waals surface area contributed by atoms with Crippen LogP contribution in [0.25, 0.3) is 10.1 Å². The molecule has 0 N–H and O–H groups in total. The molecule has 0 unspecified atom stereocenters. The molecule has 0 fully saturated rings. The molecule has 1 aromatic carbocycles. The van der Waals surface area contributed by atoms with Crippen molar-refractivity contribution in [3.8, 4) is 5.75 Å². The van der Waals surface area contributed by atoms with Gasteiger partial charge in [-0.25, -0.2) is 8.42 Å². The van der Waals surface area contributed by atoms with E-state index in [9.17, 15) is 8.42 Å². The SMILES string of the molecule is COc1ccc2sc([SH](=O)=O)c(C)c2c1. The smallest absolute Gasteiger partial charge is 0.177 e. The van der Waals surface area contributed by atoms with E-state index in [0.29, 0.717) is 4.21 Å². The third-order valence-corrected chi connectivity index (χ3v) is 4.75. The van der Waals surface area contributed by atoms with Crippen molar-refractivity contribution >= 4 is 32.1 Å². The number of rotatable bonds is 2. The minimum absolute atomic E-state index is 0.438. The molecule has 0 atom stereocenters. The van der Waals surface area contributed by atoms with E-state index in [1.165, 1.54) is 11.3 Å². The van der Waals surface area contributed by atoms with Gasteiger partial charge in [-0.15, -0.1) is 11.3 Å². The maximum Gasteiger partial charge on any atom is 0.177 e. The van der Waals surface area contributed by atoms with Gasteiger partial charge in [0, 0.05) is 10.1 Å². The third kappa shape index (κ3) is 1.72. The Hall–Kier alpha value is -1.07. The summed E-state index contributed by atoms with van der Waals surface area (Å²) in [4.78, 5) is 0. The Labute approximate surface area is 93.3 Å². The van der Waals surface area contributed by atoms with Crippen molar-refractivity contribution in [2.45, 2.75) is 11.1 Å². The van der Waals surface area contributed by atoms with Crippen molar-refractivity contribution in [3.63, 3.8) is 0 Å². The van der Waals surface area contributed by atoms with E-state index in [-0.39, 0.29) is 0 Å². The number of hydrogen-bond acceptors (Lipinski definition) is 4. The van der Waals surface area contributed by atoms with Crippen LogP contribution in [-0.4, -0.2) is 15.5 Å². The topological polar surface area (TPSA) is 43.4 Å². The molecule has 3 nitrogen and oxygen atoms in total. The summed E-state index contributed by atoms with van der Waals surface area (Å²) in [6.07, 6.45) is 0. The fourth-order valence-electron chi connectivity index (χ4n) is 1.49. The molecule has 5 heteroatoms. The molecule has 0 aliphatic heterocycles. The quantitative estimate of drug-likeness (QED) is 0.821. The Morgan fingerprint density at radius 3 is 2.67 bits per heavy atom. The van der Waals surface area contributed by atoms with Crippen LogP contribution in [-0.2, 0) is 10.7 Å². The summed E-state index contributed by atoms with van der Waals surface area (Å²) in [5.41, 5.74) is 0.810. The Bertz CT molecular complexity index is 574. The van der Waals surface area contributed by atoms with Crippen molar-refractivity contribution in [1.29, 1.82) is 0 Å². The molecule has 0 saturated carbocycles. The lowest BCUT2D eigenvalue weighted by atomic mass is 10.2. The lowest BCUT2D eigenvalue weighted by molar-refractivity contribution is 0.415. The predicted octanol–water partition coefficient (Wildman–Crippen LogP) is 2.19. The number of hydrogen-bond donors (Lipinski definition) is 1. The van der Waals surface area contributed by atoms with Crippen LogP contribution < -0.4 is 4.74 Å². The van der Waals surface area contributed by atoms with Gasteiger partial charge >= 0.3 is 0 Å². The van der Waals surface area contributed by atoms with Crippen LogP contribution in [0.3, 0.4) is 0 Å². The first-order valence-electron chi connectivity index (χ1n) is 4.35. The fourth-order valence-corrected chi connectivity index (χ4v) is 3.41. The maximum absolute atomic E-state index is 11.0. The van der Waals surface area contributed by atoms with E-state index in [4.69, 9.17) is 4.74 Å². The molecule has 0 bridgehead atoms. The van der Waals surface area contributed by atoms with E-state index < -0.39 is 10.7 Å². The van der Waals surface area contributed by atoms with Crippen LogP contribution in [0.1, 0.15) is 5.56 Å². The molecular formula is C10H10O3S2. The van der Waals surface area contributed by atoms with Gasteiger partial charge in [0.25, 0.3) is 0 Å². The Balaban J connectivity index is 2.77. The number of aryl methyl sites for hydroxylation is 1. The second kappa shape index (κ2) is 3.83. The maximum atomic E-state index is 11.0. The van der Waals surface area contributed by atoms with Crippen molar-refractivity contribution in [3.05, 3.63) is 23.8 Å². The lowest BCUT2D eigenvalue weighted by Gasteiger charge is -1.98. The van der Waals surface area contributed by atoms with Crippen LogP contribution in [0.5, 0.6) is 5.75 Å². The normalized spacial score (nSPS) is 11.1. The molecule has 1 heterocycles. The summed E-state index contributed by atoms with van der Waals surface area (Å²) in [6, 6.07) is 5.58. The van der Waals surface area contributed by atoms with Crippen molar-refractivity contribution in [2.75, 3.05) is 7.11 Å². The first-order valence-corrected chi connectivity index (χ1v) is 6.34. The summed E-state index contributed by atoms with van der Waals surface area (Å²) in [7, 11) is -0.904. The lowest BCUT2D eigenvalue weighted by Crippen LogP contribution is -1.81. The van der Waals surface area contributed by atoms with E-state index in [2.05, 4.69) is 0 Å². The number of fused-ring (bicyclic) bond motifs is 1. The molecule has 15 heavy (non-hydrogen) atoms. The molecular weight excluding hydrogens is 232 g/mol. The summed E-state index contributed by atoms with van der Waals surface area (Å²) in [6.45, 7) is 1.82. The van der Waals surface area contributed by atoms with Crippen molar-refractivity contribution in [2.24, 2.45) is 0 Å². The van der Waals surface area contributed by atoms with E-state index >= 15 is 0 Å². The number of ether oxygens (including phenoxy) is 1. The number of benzene rings is 1. The minimum atomic E-state index is -2.50. The minimum Gasteiger partial charge on any atom is -0.497 e. The van der Waals surface area contributed by atoms with Crippen molar-refractivity contribution < 1.29 is 13.2 Å². The Morgan fingerprint density at radius 1 is 1.33 bits per heavy atom. The highest BCUT2D eigenvalue weighted by Crippen LogP contribution is 2.33. The van der Waals surface area contributed by atoms with Gasteiger partial charge in [0.15, 0.2) is 10.7 Å². The molecule has 80 valence electrons. The number of methoxy groups -OCH3 is 1. The highest BCUT2D eigenvalue weighted by atomic mass is 32.2. The molecule has 1 aromatic heterocycles. The fraction of sp³-hybridized carbons (Fsp3) is 0.200. The van der Waals surface area contributed by atoms with Crippen molar-refractivity contribution in [1.82, 2.24) is 0 Å². The largest absolute Gasteiger partial charge is 0.497 e. The first-order chi connectivity index (χ1) is 7.13. The van der Waals surface area contributed by atoms with Crippen LogP contribution >= 0.6 is 11.3 Å². The molecule has 0 amide bonds. The van der Waals surface area contributed by atoms with Gasteiger partial charge in [0.2, 0.25) is 0 Å². The molecule has 0 aliphatic carbocycles. The van der Waals surface area contributed by atoms with Gasteiger partial charge in [0.05, 0.1) is 7.11 Å².